The maximum absolute atomic E-state index is 12.2. The molecular formula is C16H23NO4. The Balaban J connectivity index is 2.11. The Morgan fingerprint density at radius 3 is 2.57 bits per heavy atom. The van der Waals surface area contributed by atoms with Crippen molar-refractivity contribution in [2.75, 3.05) is 0 Å². The number of carbonyl (C=O) groups excluding carboxylic acids is 1. The van der Waals surface area contributed by atoms with Gasteiger partial charge in [0.1, 0.15) is 0 Å². The van der Waals surface area contributed by atoms with Crippen LogP contribution < -0.4 is 5.32 Å². The number of carboxylic acid groups (broad SMARTS) is 1. The van der Waals surface area contributed by atoms with Crippen LogP contribution in [0, 0.1) is 24.2 Å². The largest absolute Gasteiger partial charge is 0.481 e. The van der Waals surface area contributed by atoms with Gasteiger partial charge in [0, 0.05) is 11.6 Å². The SMILES string of the molecule is Cc1ccoc1C(=O)NC1CCC(C(=O)O)C(C)(C)C1C. The fraction of sp³-hybridized carbons (Fsp3) is 0.625. The van der Waals surface area contributed by atoms with Crippen molar-refractivity contribution in [2.24, 2.45) is 17.3 Å². The fourth-order valence-corrected chi connectivity index (χ4v) is 3.28. The average Bonchev–Trinajstić information content (AvgIpc) is 2.81. The first-order chi connectivity index (χ1) is 9.75. The van der Waals surface area contributed by atoms with Crippen LogP contribution in [0.3, 0.4) is 0 Å². The van der Waals surface area contributed by atoms with Gasteiger partial charge in [0.2, 0.25) is 0 Å². The van der Waals surface area contributed by atoms with Gasteiger partial charge in [-0.25, -0.2) is 0 Å². The van der Waals surface area contributed by atoms with Crippen LogP contribution in [0.1, 0.15) is 49.7 Å². The van der Waals surface area contributed by atoms with Crippen molar-refractivity contribution >= 4 is 11.9 Å². The molecule has 2 N–H and O–H groups in total. The van der Waals surface area contributed by atoms with Crippen molar-refractivity contribution in [3.05, 3.63) is 23.7 Å². The van der Waals surface area contributed by atoms with Crippen molar-refractivity contribution in [1.82, 2.24) is 5.32 Å². The number of furan rings is 1. The van der Waals surface area contributed by atoms with E-state index in [1.54, 1.807) is 6.07 Å². The number of rotatable bonds is 3. The molecule has 0 radical (unpaired) electrons. The summed E-state index contributed by atoms with van der Waals surface area (Å²) in [5, 5.41) is 12.3. The number of nitrogens with one attached hydrogen (secondary N) is 1. The number of carboxylic acids is 1. The van der Waals surface area contributed by atoms with E-state index in [0.717, 1.165) is 5.56 Å². The third-order valence-electron chi connectivity index (χ3n) is 5.12. The normalized spacial score (nSPS) is 28.1. The second kappa shape index (κ2) is 5.54. The van der Waals surface area contributed by atoms with Crippen molar-refractivity contribution in [1.29, 1.82) is 0 Å². The van der Waals surface area contributed by atoms with E-state index in [-0.39, 0.29) is 29.2 Å². The molecule has 1 aromatic heterocycles. The van der Waals surface area contributed by atoms with E-state index < -0.39 is 5.97 Å². The van der Waals surface area contributed by atoms with E-state index in [1.807, 2.05) is 27.7 Å². The minimum Gasteiger partial charge on any atom is -0.481 e. The molecule has 0 aromatic carbocycles. The average molecular weight is 293 g/mol. The summed E-state index contributed by atoms with van der Waals surface area (Å²) in [5.74, 6) is -0.935. The number of carbonyl (C=O) groups is 2. The second-order valence-electron chi connectivity index (χ2n) is 6.59. The van der Waals surface area contributed by atoms with E-state index in [9.17, 15) is 14.7 Å². The lowest BCUT2D eigenvalue weighted by atomic mass is 9.61. The molecule has 1 amide bonds. The van der Waals surface area contributed by atoms with Crippen LogP contribution in [0.2, 0.25) is 0 Å². The molecule has 1 heterocycles. The minimum atomic E-state index is -0.751. The molecule has 1 aromatic rings. The highest BCUT2D eigenvalue weighted by atomic mass is 16.4. The van der Waals surface area contributed by atoms with Gasteiger partial charge in [-0.2, -0.15) is 0 Å². The molecule has 3 unspecified atom stereocenters. The van der Waals surface area contributed by atoms with Gasteiger partial charge < -0.3 is 14.8 Å². The lowest BCUT2D eigenvalue weighted by Crippen LogP contribution is -2.52. The van der Waals surface area contributed by atoms with Crippen LogP contribution in [-0.4, -0.2) is 23.0 Å². The van der Waals surface area contributed by atoms with Gasteiger partial charge >= 0.3 is 5.97 Å². The lowest BCUT2D eigenvalue weighted by Gasteiger charge is -2.46. The third-order valence-corrected chi connectivity index (χ3v) is 5.12. The summed E-state index contributed by atoms with van der Waals surface area (Å²) < 4.78 is 5.21. The molecule has 0 aliphatic heterocycles. The van der Waals surface area contributed by atoms with Gasteiger partial charge in [0.15, 0.2) is 5.76 Å². The lowest BCUT2D eigenvalue weighted by molar-refractivity contribution is -0.150. The van der Waals surface area contributed by atoms with Gasteiger partial charge in [-0.3, -0.25) is 9.59 Å². The first-order valence-electron chi connectivity index (χ1n) is 7.33. The summed E-state index contributed by atoms with van der Waals surface area (Å²) in [6.07, 6.45) is 2.75. The third kappa shape index (κ3) is 2.82. The molecule has 116 valence electrons. The van der Waals surface area contributed by atoms with Crippen molar-refractivity contribution in [3.8, 4) is 0 Å². The van der Waals surface area contributed by atoms with E-state index in [0.29, 0.717) is 18.6 Å². The monoisotopic (exact) mass is 293 g/mol. The van der Waals surface area contributed by atoms with Gasteiger partial charge in [-0.05, 0) is 37.2 Å². The summed E-state index contributed by atoms with van der Waals surface area (Å²) >= 11 is 0. The molecule has 1 saturated carbocycles. The van der Waals surface area contributed by atoms with E-state index >= 15 is 0 Å². The zero-order chi connectivity index (χ0) is 15.8. The molecule has 1 aliphatic rings. The zero-order valence-electron chi connectivity index (χ0n) is 13.0. The number of hydrogen-bond donors (Lipinski definition) is 2. The number of aliphatic carboxylic acids is 1. The van der Waals surface area contributed by atoms with Gasteiger partial charge in [0.25, 0.3) is 5.91 Å². The molecule has 1 fully saturated rings. The van der Waals surface area contributed by atoms with Crippen molar-refractivity contribution in [3.63, 3.8) is 0 Å². The van der Waals surface area contributed by atoms with E-state index in [2.05, 4.69) is 5.32 Å². The second-order valence-corrected chi connectivity index (χ2v) is 6.59. The van der Waals surface area contributed by atoms with Crippen LogP contribution in [-0.2, 0) is 4.79 Å². The fourth-order valence-electron chi connectivity index (χ4n) is 3.28. The Bertz CT molecular complexity index is 546. The zero-order valence-corrected chi connectivity index (χ0v) is 13.0. The highest BCUT2D eigenvalue weighted by Gasteiger charge is 2.46. The number of amides is 1. The quantitative estimate of drug-likeness (QED) is 0.898. The van der Waals surface area contributed by atoms with Crippen molar-refractivity contribution < 1.29 is 19.1 Å². The minimum absolute atomic E-state index is 0.0346. The molecule has 0 saturated heterocycles. The maximum atomic E-state index is 12.2. The van der Waals surface area contributed by atoms with Crippen LogP contribution in [0.15, 0.2) is 16.7 Å². The molecule has 3 atom stereocenters. The number of aryl methyl sites for hydroxylation is 1. The predicted octanol–water partition coefficient (Wildman–Crippen LogP) is 2.84. The maximum Gasteiger partial charge on any atom is 0.307 e. The first-order valence-corrected chi connectivity index (χ1v) is 7.33. The van der Waals surface area contributed by atoms with Gasteiger partial charge in [0.05, 0.1) is 12.2 Å². The molecular weight excluding hydrogens is 270 g/mol. The van der Waals surface area contributed by atoms with E-state index in [1.165, 1.54) is 6.26 Å². The van der Waals surface area contributed by atoms with E-state index in [4.69, 9.17) is 4.42 Å². The predicted molar refractivity (Wildman–Crippen MR) is 78.0 cm³/mol. The van der Waals surface area contributed by atoms with Crippen LogP contribution in [0.25, 0.3) is 0 Å². The Kier molecular flexibility index (Phi) is 4.12. The Morgan fingerprint density at radius 1 is 1.38 bits per heavy atom. The molecule has 5 nitrogen and oxygen atoms in total. The molecule has 5 heteroatoms. The summed E-state index contributed by atoms with van der Waals surface area (Å²) in [6, 6.07) is 1.72. The smallest absolute Gasteiger partial charge is 0.307 e. The molecule has 2 rings (SSSR count). The first kappa shape index (κ1) is 15.6. The van der Waals surface area contributed by atoms with Gasteiger partial charge in [-0.1, -0.05) is 20.8 Å². The van der Waals surface area contributed by atoms with Crippen LogP contribution in [0.4, 0.5) is 0 Å². The Hall–Kier alpha value is -1.78. The Labute approximate surface area is 124 Å². The molecule has 21 heavy (non-hydrogen) atoms. The molecule has 1 aliphatic carbocycles. The molecule has 0 spiro atoms. The summed E-state index contributed by atoms with van der Waals surface area (Å²) in [6.45, 7) is 7.77. The number of hydrogen-bond acceptors (Lipinski definition) is 3. The summed E-state index contributed by atoms with van der Waals surface area (Å²) in [5.41, 5.74) is 0.443. The molecule has 0 bridgehead atoms. The van der Waals surface area contributed by atoms with Crippen LogP contribution in [0.5, 0.6) is 0 Å². The summed E-state index contributed by atoms with van der Waals surface area (Å²) in [7, 11) is 0. The highest BCUT2D eigenvalue weighted by Crippen LogP contribution is 2.45. The van der Waals surface area contributed by atoms with Crippen molar-refractivity contribution in [2.45, 2.75) is 46.6 Å². The standard InChI is InChI=1S/C16H23NO4/c1-9-7-8-21-13(9)14(18)17-12-6-5-11(15(19)20)16(3,4)10(12)2/h7-8,10-12H,5-6H2,1-4H3,(H,17,18)(H,19,20). The Morgan fingerprint density at radius 2 is 2.05 bits per heavy atom. The van der Waals surface area contributed by atoms with Gasteiger partial charge in [-0.15, -0.1) is 0 Å². The highest BCUT2D eigenvalue weighted by molar-refractivity contribution is 5.93. The summed E-state index contributed by atoms with van der Waals surface area (Å²) in [4.78, 5) is 23.6. The topological polar surface area (TPSA) is 79.5 Å². The van der Waals surface area contributed by atoms with Crippen LogP contribution >= 0.6 is 0 Å².